The number of hydrogen-bond acceptors (Lipinski definition) is 5. The van der Waals surface area contributed by atoms with Crippen LogP contribution < -0.4 is 10.6 Å². The summed E-state index contributed by atoms with van der Waals surface area (Å²) >= 11 is 1.64. The number of aromatic nitrogens is 1. The van der Waals surface area contributed by atoms with Crippen LogP contribution in [0.15, 0.2) is 48.5 Å². The fourth-order valence-corrected chi connectivity index (χ4v) is 4.85. The largest absolute Gasteiger partial charge is 0.326 e. The predicted molar refractivity (Wildman–Crippen MR) is 126 cm³/mol. The fourth-order valence-electron chi connectivity index (χ4n) is 3.91. The maximum atomic E-state index is 12.5. The minimum atomic E-state index is -0.0929. The highest BCUT2D eigenvalue weighted by Crippen LogP contribution is 2.37. The van der Waals surface area contributed by atoms with Gasteiger partial charge >= 0.3 is 0 Å². The molecule has 1 aliphatic rings. The Kier molecular flexibility index (Phi) is 6.15. The lowest BCUT2D eigenvalue weighted by Crippen LogP contribution is -2.37. The molecular weight excluding hydrogens is 408 g/mol. The molecule has 0 unspecified atom stereocenters. The van der Waals surface area contributed by atoms with Crippen molar-refractivity contribution in [2.75, 3.05) is 24.2 Å². The van der Waals surface area contributed by atoms with E-state index in [-0.39, 0.29) is 17.9 Å². The summed E-state index contributed by atoms with van der Waals surface area (Å²) in [6, 6.07) is 15.6. The van der Waals surface area contributed by atoms with Gasteiger partial charge in [0.1, 0.15) is 0 Å². The average Bonchev–Trinajstić information content (AvgIpc) is 3.34. The van der Waals surface area contributed by atoms with Gasteiger partial charge in [-0.15, -0.1) is 11.3 Å². The van der Waals surface area contributed by atoms with E-state index in [2.05, 4.69) is 15.5 Å². The number of aryl methyl sites for hydroxylation is 1. The van der Waals surface area contributed by atoms with Crippen molar-refractivity contribution in [3.8, 4) is 21.7 Å². The summed E-state index contributed by atoms with van der Waals surface area (Å²) in [5, 5.41) is 6.81. The number of carbonyl (C=O) groups excluding carboxylic acids is 2. The maximum absolute atomic E-state index is 12.5. The number of carbonyl (C=O) groups is 2. The standard InChI is InChI=1S/C24H26N4O2S/c1-15(29)25-19-10-6-17(7-11-19)22-23(31-16(2)26-22)18-8-12-20(13-9-18)27-24(30)21-5-4-14-28(21)3/h6-13,21H,4-5,14H2,1-3H3,(H,25,29)(H,27,30)/t21-/m0/s1. The Bertz CT molecular complexity index is 1090. The summed E-state index contributed by atoms with van der Waals surface area (Å²) in [5.74, 6) is -0.0361. The quantitative estimate of drug-likeness (QED) is 0.606. The smallest absolute Gasteiger partial charge is 0.241 e. The molecule has 3 aromatic rings. The summed E-state index contributed by atoms with van der Waals surface area (Å²) in [6.45, 7) is 4.46. The number of thiazole rings is 1. The van der Waals surface area contributed by atoms with E-state index in [1.807, 2.05) is 62.5 Å². The number of benzene rings is 2. The van der Waals surface area contributed by atoms with Crippen molar-refractivity contribution in [2.45, 2.75) is 32.7 Å². The number of likely N-dealkylation sites (tertiary alicyclic amines) is 1. The predicted octanol–water partition coefficient (Wildman–Crippen LogP) is 4.78. The molecule has 7 heteroatoms. The number of likely N-dealkylation sites (N-methyl/N-ethyl adjacent to an activating group) is 1. The Morgan fingerprint density at radius 2 is 1.61 bits per heavy atom. The van der Waals surface area contributed by atoms with Crippen LogP contribution >= 0.6 is 11.3 Å². The van der Waals surface area contributed by atoms with Crippen molar-refractivity contribution in [3.63, 3.8) is 0 Å². The van der Waals surface area contributed by atoms with Crippen molar-refractivity contribution in [3.05, 3.63) is 53.5 Å². The molecule has 1 aliphatic heterocycles. The van der Waals surface area contributed by atoms with Crippen LogP contribution in [-0.4, -0.2) is 41.3 Å². The topological polar surface area (TPSA) is 74.3 Å². The zero-order valence-corrected chi connectivity index (χ0v) is 18.8. The Labute approximate surface area is 186 Å². The van der Waals surface area contributed by atoms with Crippen LogP contribution in [-0.2, 0) is 9.59 Å². The number of nitrogens with zero attached hydrogens (tertiary/aromatic N) is 2. The van der Waals surface area contributed by atoms with Crippen LogP contribution in [0.25, 0.3) is 21.7 Å². The Hall–Kier alpha value is -3.03. The lowest BCUT2D eigenvalue weighted by Gasteiger charge is -2.18. The second-order valence-corrected chi connectivity index (χ2v) is 9.08. The molecule has 1 saturated heterocycles. The van der Waals surface area contributed by atoms with E-state index < -0.39 is 0 Å². The second-order valence-electron chi connectivity index (χ2n) is 7.87. The Balaban J connectivity index is 1.54. The first-order valence-electron chi connectivity index (χ1n) is 10.4. The van der Waals surface area contributed by atoms with Crippen molar-refractivity contribution >= 4 is 34.5 Å². The lowest BCUT2D eigenvalue weighted by molar-refractivity contribution is -0.120. The molecule has 2 amide bonds. The second kappa shape index (κ2) is 8.99. The van der Waals surface area contributed by atoms with Crippen LogP contribution in [0.3, 0.4) is 0 Å². The van der Waals surface area contributed by atoms with E-state index in [0.717, 1.165) is 57.5 Å². The van der Waals surface area contributed by atoms with Gasteiger partial charge in [-0.05, 0) is 63.2 Å². The highest BCUT2D eigenvalue weighted by Gasteiger charge is 2.27. The summed E-state index contributed by atoms with van der Waals surface area (Å²) in [6.07, 6.45) is 1.97. The van der Waals surface area contributed by atoms with Gasteiger partial charge in [-0.3, -0.25) is 14.5 Å². The van der Waals surface area contributed by atoms with Crippen molar-refractivity contribution in [2.24, 2.45) is 0 Å². The van der Waals surface area contributed by atoms with E-state index >= 15 is 0 Å². The lowest BCUT2D eigenvalue weighted by atomic mass is 10.1. The van der Waals surface area contributed by atoms with Crippen LogP contribution in [0.5, 0.6) is 0 Å². The monoisotopic (exact) mass is 434 g/mol. The minimum Gasteiger partial charge on any atom is -0.326 e. The number of hydrogen-bond donors (Lipinski definition) is 2. The van der Waals surface area contributed by atoms with Crippen LogP contribution in [0.2, 0.25) is 0 Å². The molecule has 6 nitrogen and oxygen atoms in total. The van der Waals surface area contributed by atoms with Crippen molar-refractivity contribution in [1.82, 2.24) is 9.88 Å². The molecule has 2 N–H and O–H groups in total. The number of nitrogens with one attached hydrogen (secondary N) is 2. The van der Waals surface area contributed by atoms with Crippen LogP contribution in [0.4, 0.5) is 11.4 Å². The van der Waals surface area contributed by atoms with Crippen molar-refractivity contribution in [1.29, 1.82) is 0 Å². The molecule has 2 heterocycles. The van der Waals surface area contributed by atoms with E-state index in [9.17, 15) is 9.59 Å². The molecule has 1 fully saturated rings. The summed E-state index contributed by atoms with van der Waals surface area (Å²) < 4.78 is 0. The first kappa shape index (κ1) is 21.2. The first-order valence-corrected chi connectivity index (χ1v) is 11.2. The van der Waals surface area contributed by atoms with E-state index in [4.69, 9.17) is 4.98 Å². The molecule has 2 aromatic carbocycles. The SMILES string of the molecule is CC(=O)Nc1ccc(-c2nc(C)sc2-c2ccc(NC(=O)[C@@H]3CCCN3C)cc2)cc1. The van der Waals surface area contributed by atoms with Gasteiger partial charge in [-0.25, -0.2) is 4.98 Å². The zero-order valence-electron chi connectivity index (χ0n) is 17.9. The summed E-state index contributed by atoms with van der Waals surface area (Å²) in [7, 11) is 2.00. The molecule has 0 radical (unpaired) electrons. The maximum Gasteiger partial charge on any atom is 0.241 e. The third-order valence-electron chi connectivity index (χ3n) is 5.45. The average molecular weight is 435 g/mol. The minimum absolute atomic E-state index is 0.0455. The van der Waals surface area contributed by atoms with E-state index in [0.29, 0.717) is 0 Å². The molecule has 1 aromatic heterocycles. The molecule has 0 bridgehead atoms. The van der Waals surface area contributed by atoms with E-state index in [1.165, 1.54) is 6.92 Å². The highest BCUT2D eigenvalue weighted by atomic mass is 32.1. The molecule has 0 aliphatic carbocycles. The molecular formula is C24H26N4O2S. The summed E-state index contributed by atoms with van der Waals surface area (Å²) in [4.78, 5) is 31.7. The number of amides is 2. The highest BCUT2D eigenvalue weighted by molar-refractivity contribution is 7.15. The third-order valence-corrected chi connectivity index (χ3v) is 6.47. The normalized spacial score (nSPS) is 16.3. The van der Waals surface area contributed by atoms with Gasteiger partial charge in [-0.2, -0.15) is 0 Å². The molecule has 160 valence electrons. The van der Waals surface area contributed by atoms with E-state index in [1.54, 1.807) is 11.3 Å². The fraction of sp³-hybridized carbons (Fsp3) is 0.292. The van der Waals surface area contributed by atoms with Crippen molar-refractivity contribution < 1.29 is 9.59 Å². The zero-order chi connectivity index (χ0) is 22.0. The molecule has 0 saturated carbocycles. The first-order chi connectivity index (χ1) is 14.9. The Morgan fingerprint density at radius 3 is 2.19 bits per heavy atom. The van der Waals surface area contributed by atoms with Gasteiger partial charge in [0.15, 0.2) is 0 Å². The molecule has 0 spiro atoms. The molecule has 31 heavy (non-hydrogen) atoms. The van der Waals surface area contributed by atoms with Gasteiger partial charge in [0.25, 0.3) is 0 Å². The van der Waals surface area contributed by atoms with Gasteiger partial charge in [0.2, 0.25) is 11.8 Å². The number of rotatable bonds is 5. The molecule has 1 atom stereocenters. The van der Waals surface area contributed by atoms with Gasteiger partial charge in [0, 0.05) is 23.9 Å². The molecule has 4 rings (SSSR count). The number of anilines is 2. The van der Waals surface area contributed by atoms with Crippen LogP contribution in [0.1, 0.15) is 24.8 Å². The van der Waals surface area contributed by atoms with Crippen LogP contribution in [0, 0.1) is 6.92 Å². The van der Waals surface area contributed by atoms with Gasteiger partial charge in [-0.1, -0.05) is 24.3 Å². The third kappa shape index (κ3) is 4.84. The Morgan fingerprint density at radius 1 is 1.00 bits per heavy atom. The van der Waals surface area contributed by atoms with Gasteiger partial charge < -0.3 is 10.6 Å². The summed E-state index contributed by atoms with van der Waals surface area (Å²) in [5.41, 5.74) is 4.54. The van der Waals surface area contributed by atoms with Gasteiger partial charge in [0.05, 0.1) is 21.6 Å².